The number of hydrogen-bond donors (Lipinski definition) is 1. The number of pyridine rings is 1. The summed E-state index contributed by atoms with van der Waals surface area (Å²) in [5, 5.41) is 2.83. The third-order valence-corrected chi connectivity index (χ3v) is 6.00. The van der Waals surface area contributed by atoms with Crippen LogP contribution in [0.15, 0.2) is 48.8 Å². The molecule has 172 valence electrons. The lowest BCUT2D eigenvalue weighted by Gasteiger charge is -2.34. The van der Waals surface area contributed by atoms with Crippen molar-refractivity contribution in [3.05, 3.63) is 54.4 Å². The number of benzene rings is 1. The molecule has 3 heterocycles. The molecule has 0 atom stereocenters. The molecule has 2 aliphatic heterocycles. The van der Waals surface area contributed by atoms with Crippen LogP contribution in [0.4, 0.5) is 10.5 Å². The van der Waals surface area contributed by atoms with E-state index in [1.165, 1.54) is 0 Å². The van der Waals surface area contributed by atoms with Gasteiger partial charge in [-0.05, 0) is 61.6 Å². The van der Waals surface area contributed by atoms with Gasteiger partial charge in [0.1, 0.15) is 5.75 Å². The lowest BCUT2D eigenvalue weighted by Crippen LogP contribution is -2.51. The van der Waals surface area contributed by atoms with Gasteiger partial charge in [-0.3, -0.25) is 9.78 Å². The number of amides is 3. The first-order chi connectivity index (χ1) is 15.7. The molecule has 1 N–H and O–H groups in total. The summed E-state index contributed by atoms with van der Waals surface area (Å²) < 4.78 is 11.2. The average Bonchev–Trinajstić information content (AvgIpc) is 2.85. The highest BCUT2D eigenvalue weighted by atomic mass is 16.5. The monoisotopic (exact) mass is 440 g/mol. The van der Waals surface area contributed by atoms with E-state index in [1.54, 1.807) is 34.3 Å². The lowest BCUT2D eigenvalue weighted by molar-refractivity contribution is 0.0593. The van der Waals surface area contributed by atoms with Crippen LogP contribution in [0.2, 0.25) is 0 Å². The Bertz CT molecular complexity index is 883. The molecule has 2 aromatic rings. The van der Waals surface area contributed by atoms with E-state index >= 15 is 0 Å². The van der Waals surface area contributed by atoms with Crippen LogP contribution in [0.1, 0.15) is 31.0 Å². The van der Waals surface area contributed by atoms with E-state index in [0.717, 1.165) is 38.2 Å². The number of nitrogens with one attached hydrogen (secondary N) is 1. The zero-order chi connectivity index (χ0) is 22.2. The van der Waals surface area contributed by atoms with Crippen LogP contribution in [-0.4, -0.2) is 72.7 Å². The molecule has 2 fully saturated rings. The highest BCUT2D eigenvalue weighted by molar-refractivity contribution is 5.94. The number of urea groups is 1. The predicted molar refractivity (Wildman–Crippen MR) is 123 cm³/mol. The van der Waals surface area contributed by atoms with Crippen LogP contribution >= 0.6 is 0 Å². The smallest absolute Gasteiger partial charge is 0.322 e. The fourth-order valence-electron chi connectivity index (χ4n) is 4.01. The van der Waals surface area contributed by atoms with Crippen molar-refractivity contribution < 1.29 is 20.5 Å². The first-order valence-corrected chi connectivity index (χ1v) is 11.2. The Morgan fingerprint density at radius 1 is 1.06 bits per heavy atom. The van der Waals surface area contributed by atoms with Crippen LogP contribution in [-0.2, 0) is 4.74 Å². The Morgan fingerprint density at radius 2 is 1.78 bits per heavy atom. The Morgan fingerprint density at radius 3 is 2.47 bits per heavy atom. The molecular formula is C24H32N4O4. The summed E-state index contributed by atoms with van der Waals surface area (Å²) in [6.07, 6.45) is 6.51. The maximum absolute atomic E-state index is 12.8. The van der Waals surface area contributed by atoms with Crippen LogP contribution < -0.4 is 10.1 Å². The van der Waals surface area contributed by atoms with Crippen molar-refractivity contribution >= 4 is 17.6 Å². The van der Waals surface area contributed by atoms with Crippen molar-refractivity contribution in [1.82, 2.24) is 14.8 Å². The summed E-state index contributed by atoms with van der Waals surface area (Å²) in [5.41, 5.74) is 1.29. The fourth-order valence-corrected chi connectivity index (χ4v) is 4.01. The number of carbonyl (C=O) groups excluding carboxylic acids is 2. The van der Waals surface area contributed by atoms with Gasteiger partial charge in [0, 0.05) is 52.6 Å². The fraction of sp³-hybridized carbons (Fsp3) is 0.458. The summed E-state index contributed by atoms with van der Waals surface area (Å²) in [7, 11) is 0. The van der Waals surface area contributed by atoms with Gasteiger partial charge in [-0.2, -0.15) is 0 Å². The van der Waals surface area contributed by atoms with Crippen molar-refractivity contribution in [2.24, 2.45) is 5.92 Å². The lowest BCUT2D eigenvalue weighted by atomic mass is 9.97. The summed E-state index contributed by atoms with van der Waals surface area (Å²) in [6.45, 7) is 4.37. The molecule has 32 heavy (non-hydrogen) atoms. The molecule has 2 saturated heterocycles. The van der Waals surface area contributed by atoms with E-state index in [-0.39, 0.29) is 13.4 Å². The van der Waals surface area contributed by atoms with Crippen molar-refractivity contribution in [1.29, 1.82) is 0 Å². The number of ether oxygens (including phenoxy) is 2. The molecule has 0 aliphatic carbocycles. The van der Waals surface area contributed by atoms with E-state index in [1.807, 2.05) is 24.3 Å². The zero-order valence-electron chi connectivity index (χ0n) is 18.2. The van der Waals surface area contributed by atoms with Crippen LogP contribution in [0.5, 0.6) is 5.75 Å². The van der Waals surface area contributed by atoms with Crippen LogP contribution in [0, 0.1) is 5.92 Å². The minimum atomic E-state index is -0.174. The SMILES string of the molecule is O=C(Nc1cccnc1)N1CCN(C(=O)c2ccc(OCCC3CCOCC3)cc2)CC1.[HH]. The summed E-state index contributed by atoms with van der Waals surface area (Å²) in [6, 6.07) is 10.7. The van der Waals surface area contributed by atoms with Crippen LogP contribution in [0.3, 0.4) is 0 Å². The average molecular weight is 441 g/mol. The second kappa shape index (κ2) is 10.9. The first kappa shape index (κ1) is 22.1. The number of aromatic nitrogens is 1. The number of hydrogen-bond acceptors (Lipinski definition) is 5. The Hall–Kier alpha value is -3.13. The number of anilines is 1. The van der Waals surface area contributed by atoms with E-state index in [4.69, 9.17) is 9.47 Å². The minimum absolute atomic E-state index is 0. The zero-order valence-corrected chi connectivity index (χ0v) is 18.2. The summed E-state index contributed by atoms with van der Waals surface area (Å²) in [4.78, 5) is 32.7. The highest BCUT2D eigenvalue weighted by Gasteiger charge is 2.25. The van der Waals surface area contributed by atoms with Crippen molar-refractivity contribution in [3.8, 4) is 5.75 Å². The number of carbonyl (C=O) groups is 2. The number of rotatable bonds is 6. The largest absolute Gasteiger partial charge is 0.494 e. The molecule has 0 spiro atoms. The normalized spacial score (nSPS) is 17.1. The van der Waals surface area contributed by atoms with Crippen molar-refractivity contribution in [2.75, 3.05) is 51.3 Å². The van der Waals surface area contributed by atoms with Gasteiger partial charge in [0.15, 0.2) is 0 Å². The Balaban J connectivity index is 0.00000306. The second-order valence-electron chi connectivity index (χ2n) is 8.17. The molecule has 0 radical (unpaired) electrons. The third-order valence-electron chi connectivity index (χ3n) is 6.00. The molecule has 3 amide bonds. The summed E-state index contributed by atoms with van der Waals surface area (Å²) >= 11 is 0. The molecule has 1 aromatic carbocycles. The van der Waals surface area contributed by atoms with Gasteiger partial charge in [-0.1, -0.05) is 0 Å². The Labute approximate surface area is 190 Å². The van der Waals surface area contributed by atoms with Gasteiger partial charge in [0.2, 0.25) is 0 Å². The van der Waals surface area contributed by atoms with Crippen LogP contribution in [0.25, 0.3) is 0 Å². The molecule has 8 nitrogen and oxygen atoms in total. The van der Waals surface area contributed by atoms with E-state index in [0.29, 0.717) is 50.0 Å². The highest BCUT2D eigenvalue weighted by Crippen LogP contribution is 2.20. The van der Waals surface area contributed by atoms with Crippen molar-refractivity contribution in [2.45, 2.75) is 19.3 Å². The van der Waals surface area contributed by atoms with Crippen molar-refractivity contribution in [3.63, 3.8) is 0 Å². The first-order valence-electron chi connectivity index (χ1n) is 11.2. The predicted octanol–water partition coefficient (Wildman–Crippen LogP) is 3.51. The standard InChI is InChI=1S/C24H30N4O4.H2/c29-23(20-3-5-22(6-4-20)32-17-9-19-7-15-31-16-8-19)27-11-13-28(14-12-27)24(30)26-21-2-1-10-25-18-21;/h1-6,10,18-19H,7-9,11-17H2,(H,26,30);1H. The topological polar surface area (TPSA) is 84.0 Å². The molecule has 0 saturated carbocycles. The maximum Gasteiger partial charge on any atom is 0.322 e. The van der Waals surface area contributed by atoms with Gasteiger partial charge in [0.05, 0.1) is 18.5 Å². The van der Waals surface area contributed by atoms with E-state index in [9.17, 15) is 9.59 Å². The number of piperazine rings is 1. The van der Waals surface area contributed by atoms with Gasteiger partial charge in [-0.25, -0.2) is 4.79 Å². The van der Waals surface area contributed by atoms with E-state index in [2.05, 4.69) is 10.3 Å². The summed E-state index contributed by atoms with van der Waals surface area (Å²) in [5.74, 6) is 1.44. The molecule has 2 aliphatic rings. The van der Waals surface area contributed by atoms with Gasteiger partial charge < -0.3 is 24.6 Å². The third kappa shape index (κ3) is 5.97. The van der Waals surface area contributed by atoms with Gasteiger partial charge >= 0.3 is 6.03 Å². The number of nitrogens with zero attached hydrogens (tertiary/aromatic N) is 3. The molecule has 1 aromatic heterocycles. The molecule has 8 heteroatoms. The molecule has 0 bridgehead atoms. The van der Waals surface area contributed by atoms with Gasteiger partial charge in [0.25, 0.3) is 5.91 Å². The maximum atomic E-state index is 12.8. The molecular weight excluding hydrogens is 408 g/mol. The quantitative estimate of drug-likeness (QED) is 0.743. The van der Waals surface area contributed by atoms with E-state index < -0.39 is 0 Å². The minimum Gasteiger partial charge on any atom is -0.494 e. The van der Waals surface area contributed by atoms with Gasteiger partial charge in [-0.15, -0.1) is 0 Å². The molecule has 4 rings (SSSR count). The Kier molecular flexibility index (Phi) is 7.55. The molecule has 0 unspecified atom stereocenters. The second-order valence-corrected chi connectivity index (χ2v) is 8.17.